The number of nitrogens with zero attached hydrogens (tertiary/aromatic N) is 2. The zero-order valence-corrected chi connectivity index (χ0v) is 17.2. The molecular weight excluding hydrogens is 374 g/mol. The number of rotatable bonds is 7. The first-order chi connectivity index (χ1) is 14.6. The predicted molar refractivity (Wildman–Crippen MR) is 119 cm³/mol. The van der Waals surface area contributed by atoms with Crippen LogP contribution in [0.4, 0.5) is 0 Å². The van der Waals surface area contributed by atoms with Gasteiger partial charge in [-0.1, -0.05) is 54.6 Å². The van der Waals surface area contributed by atoms with Gasteiger partial charge in [-0.25, -0.2) is 0 Å². The summed E-state index contributed by atoms with van der Waals surface area (Å²) in [5.74, 6) is 1.00. The highest BCUT2D eigenvalue weighted by molar-refractivity contribution is 5.75. The normalized spacial score (nSPS) is 12.1. The molecule has 0 fully saturated rings. The van der Waals surface area contributed by atoms with Gasteiger partial charge in [-0.3, -0.25) is 0 Å². The molecule has 5 heteroatoms. The first-order valence-corrected chi connectivity index (χ1v) is 10.1. The van der Waals surface area contributed by atoms with E-state index in [1.165, 1.54) is 0 Å². The topological polar surface area (TPSA) is 71.2 Å². The van der Waals surface area contributed by atoms with E-state index < -0.39 is 0 Å². The number of aromatic nitrogens is 2. The molecule has 4 aromatic rings. The highest BCUT2D eigenvalue weighted by atomic mass is 16.4. The van der Waals surface area contributed by atoms with Crippen molar-refractivity contribution in [3.63, 3.8) is 0 Å². The van der Waals surface area contributed by atoms with E-state index in [-0.39, 0.29) is 6.10 Å². The molecule has 3 aromatic carbocycles. The third-order valence-electron chi connectivity index (χ3n) is 5.02. The van der Waals surface area contributed by atoms with E-state index in [4.69, 9.17) is 4.42 Å². The van der Waals surface area contributed by atoms with Gasteiger partial charge < -0.3 is 14.8 Å². The molecule has 0 bridgehead atoms. The predicted octanol–water partition coefficient (Wildman–Crippen LogP) is 4.85. The third-order valence-corrected chi connectivity index (χ3v) is 5.02. The van der Waals surface area contributed by atoms with Crippen molar-refractivity contribution in [1.29, 1.82) is 0 Å². The molecule has 4 rings (SSSR count). The molecule has 0 amide bonds. The van der Waals surface area contributed by atoms with Crippen molar-refractivity contribution in [2.45, 2.75) is 26.5 Å². The Kier molecular flexibility index (Phi) is 6.02. The summed E-state index contributed by atoms with van der Waals surface area (Å²) in [5.41, 5.74) is 6.32. The van der Waals surface area contributed by atoms with Crippen molar-refractivity contribution in [2.75, 3.05) is 6.54 Å². The minimum absolute atomic E-state index is 0.374. The summed E-state index contributed by atoms with van der Waals surface area (Å²) in [4.78, 5) is 0. The summed E-state index contributed by atoms with van der Waals surface area (Å²) in [6.45, 7) is 5.05. The molecule has 30 heavy (non-hydrogen) atoms. The Hall–Kier alpha value is -3.28. The van der Waals surface area contributed by atoms with E-state index in [9.17, 15) is 5.11 Å². The minimum Gasteiger partial charge on any atom is -0.416 e. The standard InChI is InChI=1S/C25H25N3O2/c1-17(29)15-26-16-19-8-6-11-21(14-19)24-27-28-25(30-24)23-13-7-12-22(18(23)2)20-9-4-3-5-10-20/h3-14,17,26,29H,15-16H2,1-2H3/t17-/m1/s1. The fourth-order valence-corrected chi connectivity index (χ4v) is 3.49. The number of aliphatic hydroxyl groups excluding tert-OH is 1. The molecule has 1 heterocycles. The van der Waals surface area contributed by atoms with Crippen molar-refractivity contribution >= 4 is 0 Å². The lowest BCUT2D eigenvalue weighted by Gasteiger charge is -2.09. The molecule has 152 valence electrons. The molecule has 0 saturated carbocycles. The molecule has 0 spiro atoms. The molecule has 5 nitrogen and oxygen atoms in total. The molecule has 0 unspecified atom stereocenters. The van der Waals surface area contributed by atoms with Crippen molar-refractivity contribution < 1.29 is 9.52 Å². The summed E-state index contributed by atoms with van der Waals surface area (Å²) in [6, 6.07) is 24.4. The zero-order valence-electron chi connectivity index (χ0n) is 17.2. The Morgan fingerprint density at radius 1 is 0.867 bits per heavy atom. The number of hydrogen-bond donors (Lipinski definition) is 2. The fourth-order valence-electron chi connectivity index (χ4n) is 3.49. The second kappa shape index (κ2) is 9.03. The summed E-state index contributed by atoms with van der Waals surface area (Å²) < 4.78 is 6.04. The summed E-state index contributed by atoms with van der Waals surface area (Å²) in [5, 5.41) is 21.2. The maximum atomic E-state index is 9.39. The van der Waals surface area contributed by atoms with Gasteiger partial charge in [-0.15, -0.1) is 10.2 Å². The van der Waals surface area contributed by atoms with E-state index in [1.54, 1.807) is 6.92 Å². The molecule has 0 aliphatic heterocycles. The number of nitrogens with one attached hydrogen (secondary N) is 1. The monoisotopic (exact) mass is 399 g/mol. The average Bonchev–Trinajstić information content (AvgIpc) is 3.25. The van der Waals surface area contributed by atoms with E-state index in [2.05, 4.69) is 40.6 Å². The number of benzene rings is 3. The van der Waals surface area contributed by atoms with E-state index >= 15 is 0 Å². The van der Waals surface area contributed by atoms with Crippen LogP contribution in [-0.2, 0) is 6.54 Å². The number of aliphatic hydroxyl groups is 1. The Labute approximate surface area is 176 Å². The van der Waals surface area contributed by atoms with Gasteiger partial charge in [0.1, 0.15) is 0 Å². The van der Waals surface area contributed by atoms with Crippen LogP contribution in [0.25, 0.3) is 34.0 Å². The molecule has 2 N–H and O–H groups in total. The van der Waals surface area contributed by atoms with Crippen molar-refractivity contribution in [3.8, 4) is 34.0 Å². The second-order valence-corrected chi connectivity index (χ2v) is 7.44. The van der Waals surface area contributed by atoms with Crippen LogP contribution in [0.2, 0.25) is 0 Å². The lowest BCUT2D eigenvalue weighted by molar-refractivity contribution is 0.191. The van der Waals surface area contributed by atoms with Crippen molar-refractivity contribution in [2.24, 2.45) is 0 Å². The van der Waals surface area contributed by atoms with Crippen LogP contribution in [0.3, 0.4) is 0 Å². The van der Waals surface area contributed by atoms with Crippen LogP contribution in [0, 0.1) is 6.92 Å². The highest BCUT2D eigenvalue weighted by Gasteiger charge is 2.15. The quantitative estimate of drug-likeness (QED) is 0.465. The van der Waals surface area contributed by atoms with Gasteiger partial charge in [0, 0.05) is 24.2 Å². The molecular formula is C25H25N3O2. The summed E-state index contributed by atoms with van der Waals surface area (Å²) >= 11 is 0. The van der Waals surface area contributed by atoms with Crippen LogP contribution >= 0.6 is 0 Å². The molecule has 1 atom stereocenters. The van der Waals surface area contributed by atoms with Gasteiger partial charge in [0.2, 0.25) is 11.8 Å². The van der Waals surface area contributed by atoms with Gasteiger partial charge in [0.25, 0.3) is 0 Å². The molecule has 0 aliphatic carbocycles. The molecule has 1 aromatic heterocycles. The summed E-state index contributed by atoms with van der Waals surface area (Å²) in [7, 11) is 0. The lowest BCUT2D eigenvalue weighted by atomic mass is 9.96. The van der Waals surface area contributed by atoms with Gasteiger partial charge in [0.05, 0.1) is 6.10 Å². The van der Waals surface area contributed by atoms with Gasteiger partial charge in [-0.2, -0.15) is 0 Å². The van der Waals surface area contributed by atoms with Gasteiger partial charge >= 0.3 is 0 Å². The van der Waals surface area contributed by atoms with Crippen LogP contribution < -0.4 is 5.32 Å². The summed E-state index contributed by atoms with van der Waals surface area (Å²) in [6.07, 6.45) is -0.374. The highest BCUT2D eigenvalue weighted by Crippen LogP contribution is 2.32. The third kappa shape index (κ3) is 4.48. The Bertz CT molecular complexity index is 1120. The van der Waals surface area contributed by atoms with E-state index in [0.717, 1.165) is 33.4 Å². The first kappa shape index (κ1) is 20.0. The van der Waals surface area contributed by atoms with E-state index in [1.807, 2.05) is 54.6 Å². The van der Waals surface area contributed by atoms with Gasteiger partial charge in [0.15, 0.2) is 0 Å². The fraction of sp³-hybridized carbons (Fsp3) is 0.200. The van der Waals surface area contributed by atoms with Crippen LogP contribution in [-0.4, -0.2) is 28.0 Å². The van der Waals surface area contributed by atoms with Crippen molar-refractivity contribution in [3.05, 3.63) is 83.9 Å². The minimum atomic E-state index is -0.374. The Morgan fingerprint density at radius 3 is 2.37 bits per heavy atom. The Balaban J connectivity index is 1.60. The van der Waals surface area contributed by atoms with Crippen molar-refractivity contribution in [1.82, 2.24) is 15.5 Å². The molecule has 0 saturated heterocycles. The molecule has 0 aliphatic rings. The van der Waals surface area contributed by atoms with Crippen LogP contribution in [0.15, 0.2) is 77.2 Å². The lowest BCUT2D eigenvalue weighted by Crippen LogP contribution is -2.23. The maximum Gasteiger partial charge on any atom is 0.248 e. The average molecular weight is 399 g/mol. The number of hydrogen-bond acceptors (Lipinski definition) is 5. The smallest absolute Gasteiger partial charge is 0.248 e. The van der Waals surface area contributed by atoms with Crippen LogP contribution in [0.1, 0.15) is 18.1 Å². The van der Waals surface area contributed by atoms with Crippen LogP contribution in [0.5, 0.6) is 0 Å². The van der Waals surface area contributed by atoms with E-state index in [0.29, 0.717) is 24.9 Å². The van der Waals surface area contributed by atoms with Gasteiger partial charge in [-0.05, 0) is 54.3 Å². The first-order valence-electron chi connectivity index (χ1n) is 10.1. The largest absolute Gasteiger partial charge is 0.416 e. The maximum absolute atomic E-state index is 9.39. The Morgan fingerprint density at radius 2 is 1.57 bits per heavy atom. The molecule has 0 radical (unpaired) electrons. The SMILES string of the molecule is Cc1c(-c2ccccc2)cccc1-c1nnc(-c2cccc(CNC[C@@H](C)O)c2)o1. The second-order valence-electron chi connectivity index (χ2n) is 7.44. The zero-order chi connectivity index (χ0) is 20.9.